The highest BCUT2D eigenvalue weighted by molar-refractivity contribution is 7.89. The largest absolute Gasteiger partial charge is 0.468 e. The molecule has 0 saturated heterocycles. The van der Waals surface area contributed by atoms with E-state index in [9.17, 15) is 34.8 Å². The number of aromatic nitrogens is 4. The molecule has 1 aliphatic carbocycles. The van der Waals surface area contributed by atoms with Crippen LogP contribution in [-0.2, 0) is 10.0 Å². The van der Waals surface area contributed by atoms with E-state index in [1.807, 2.05) is 0 Å². The third-order valence-corrected chi connectivity index (χ3v) is 7.02. The second-order valence-electron chi connectivity index (χ2n) is 8.31. The van der Waals surface area contributed by atoms with Gasteiger partial charge in [-0.15, -0.1) is 10.2 Å². The Morgan fingerprint density at radius 1 is 1.11 bits per heavy atom. The lowest BCUT2D eigenvalue weighted by Gasteiger charge is -2.35. The number of hydrogen-bond acceptors (Lipinski definition) is 6. The number of halogens is 6. The minimum Gasteiger partial charge on any atom is -0.468 e. The lowest BCUT2D eigenvalue weighted by molar-refractivity contribution is -0.154. The molecular formula is C21H19F6N5O3S. The number of nitrogens with one attached hydrogen (secondary N) is 1. The smallest absolute Gasteiger partial charge is 0.422 e. The number of sulfonamides is 1. The molecule has 0 bridgehead atoms. The molecular weight excluding hydrogens is 516 g/mol. The van der Waals surface area contributed by atoms with E-state index in [2.05, 4.69) is 24.6 Å². The van der Waals surface area contributed by atoms with Gasteiger partial charge in [0.2, 0.25) is 15.9 Å². The van der Waals surface area contributed by atoms with Gasteiger partial charge < -0.3 is 9.30 Å². The first-order valence-corrected chi connectivity index (χ1v) is 12.0. The molecule has 1 aromatic carbocycles. The van der Waals surface area contributed by atoms with Gasteiger partial charge in [0.25, 0.3) is 5.92 Å². The minimum atomic E-state index is -4.55. The standard InChI is InChI=1S/C21H19F6N5O3S/c22-18-6-16(2-3-17(18)13-1-4-19(28-9-13)35-10-21(25,26)27)36(33,34)31-14-5-15(8-20(23,24)7-14)32-11-29-30-12-32/h1-4,6,9,11-12,14-15,31H,5,7-8,10H2/t14-,15+/m1/s1. The fourth-order valence-corrected chi connectivity index (χ4v) is 5.22. The molecule has 1 aliphatic rings. The van der Waals surface area contributed by atoms with Gasteiger partial charge in [0, 0.05) is 48.3 Å². The van der Waals surface area contributed by atoms with Crippen LogP contribution in [0.15, 0.2) is 54.1 Å². The number of nitrogens with zero attached hydrogens (tertiary/aromatic N) is 4. The zero-order valence-electron chi connectivity index (χ0n) is 18.3. The van der Waals surface area contributed by atoms with Crippen molar-refractivity contribution in [2.75, 3.05) is 6.61 Å². The van der Waals surface area contributed by atoms with Crippen LogP contribution in [0.4, 0.5) is 26.3 Å². The molecule has 194 valence electrons. The van der Waals surface area contributed by atoms with Crippen LogP contribution in [0.1, 0.15) is 25.3 Å². The SMILES string of the molecule is O=S(=O)(N[C@@H]1C[C@H](n2cnnc2)CC(F)(F)C1)c1ccc(-c2ccc(OCC(F)(F)F)nc2)c(F)c1. The van der Waals surface area contributed by atoms with Crippen molar-refractivity contribution >= 4 is 10.0 Å². The molecule has 2 aromatic heterocycles. The van der Waals surface area contributed by atoms with Gasteiger partial charge in [-0.2, -0.15) is 13.2 Å². The van der Waals surface area contributed by atoms with Crippen molar-refractivity contribution in [3.8, 4) is 17.0 Å². The molecule has 0 spiro atoms. The van der Waals surface area contributed by atoms with Gasteiger partial charge in [-0.05, 0) is 24.6 Å². The Labute approximate surface area is 201 Å². The van der Waals surface area contributed by atoms with Gasteiger partial charge in [0.05, 0.1) is 4.90 Å². The van der Waals surface area contributed by atoms with E-state index in [4.69, 9.17) is 0 Å². The molecule has 0 radical (unpaired) electrons. The third kappa shape index (κ3) is 6.32. The number of ether oxygens (including phenoxy) is 1. The molecule has 36 heavy (non-hydrogen) atoms. The van der Waals surface area contributed by atoms with Crippen molar-refractivity contribution < 1.29 is 39.5 Å². The van der Waals surface area contributed by atoms with Crippen molar-refractivity contribution in [3.05, 3.63) is 55.0 Å². The van der Waals surface area contributed by atoms with E-state index >= 15 is 0 Å². The summed E-state index contributed by atoms with van der Waals surface area (Å²) < 4.78 is 114. The molecule has 4 rings (SSSR count). The van der Waals surface area contributed by atoms with Crippen LogP contribution < -0.4 is 9.46 Å². The summed E-state index contributed by atoms with van der Waals surface area (Å²) in [6, 6.07) is 3.48. The molecule has 0 unspecified atom stereocenters. The number of rotatable bonds is 7. The second-order valence-corrected chi connectivity index (χ2v) is 10.0. The highest BCUT2D eigenvalue weighted by Crippen LogP contribution is 2.39. The normalized spacial score (nSPS) is 20.3. The first-order chi connectivity index (χ1) is 16.8. The van der Waals surface area contributed by atoms with E-state index in [0.29, 0.717) is 0 Å². The van der Waals surface area contributed by atoms with Crippen molar-refractivity contribution in [1.82, 2.24) is 24.5 Å². The van der Waals surface area contributed by atoms with Gasteiger partial charge in [0.15, 0.2) is 6.61 Å². The van der Waals surface area contributed by atoms with E-state index in [0.717, 1.165) is 30.5 Å². The second kappa shape index (κ2) is 9.69. The maximum atomic E-state index is 14.8. The van der Waals surface area contributed by atoms with Gasteiger partial charge in [-0.3, -0.25) is 0 Å². The van der Waals surface area contributed by atoms with Gasteiger partial charge >= 0.3 is 6.18 Å². The Kier molecular flexibility index (Phi) is 6.96. The first kappa shape index (κ1) is 25.9. The highest BCUT2D eigenvalue weighted by Gasteiger charge is 2.43. The Bertz CT molecular complexity index is 1300. The van der Waals surface area contributed by atoms with Crippen LogP contribution in [0, 0.1) is 5.82 Å². The molecule has 8 nitrogen and oxygen atoms in total. The van der Waals surface area contributed by atoms with Crippen LogP contribution in [0.25, 0.3) is 11.1 Å². The van der Waals surface area contributed by atoms with E-state index in [1.165, 1.54) is 23.3 Å². The topological polar surface area (TPSA) is 99.0 Å². The van der Waals surface area contributed by atoms with E-state index in [-0.39, 0.29) is 23.4 Å². The highest BCUT2D eigenvalue weighted by atomic mass is 32.2. The summed E-state index contributed by atoms with van der Waals surface area (Å²) in [5, 5.41) is 7.18. The fourth-order valence-electron chi connectivity index (χ4n) is 3.96. The molecule has 2 atom stereocenters. The summed E-state index contributed by atoms with van der Waals surface area (Å²) in [7, 11) is -4.36. The average molecular weight is 535 g/mol. The maximum Gasteiger partial charge on any atom is 0.422 e. The van der Waals surface area contributed by atoms with Gasteiger partial charge in [-0.25, -0.2) is 31.3 Å². The molecule has 0 amide bonds. The Morgan fingerprint density at radius 3 is 2.44 bits per heavy atom. The van der Waals surface area contributed by atoms with Crippen LogP contribution >= 0.6 is 0 Å². The van der Waals surface area contributed by atoms with Crippen LogP contribution in [0.3, 0.4) is 0 Å². The number of benzene rings is 1. The zero-order valence-corrected chi connectivity index (χ0v) is 19.1. The number of pyridine rings is 1. The Morgan fingerprint density at radius 2 is 1.83 bits per heavy atom. The molecule has 3 aromatic rings. The zero-order chi connectivity index (χ0) is 26.1. The number of hydrogen-bond donors (Lipinski definition) is 1. The molecule has 1 saturated carbocycles. The first-order valence-electron chi connectivity index (χ1n) is 10.5. The van der Waals surface area contributed by atoms with Crippen LogP contribution in [-0.4, -0.2) is 52.9 Å². The lowest BCUT2D eigenvalue weighted by Crippen LogP contribution is -2.45. The third-order valence-electron chi connectivity index (χ3n) is 5.50. The number of alkyl halides is 5. The molecule has 15 heteroatoms. The lowest BCUT2D eigenvalue weighted by atomic mass is 9.88. The average Bonchev–Trinajstić information content (AvgIpc) is 3.31. The van der Waals surface area contributed by atoms with Gasteiger partial charge in [-0.1, -0.05) is 6.07 Å². The molecule has 0 aliphatic heterocycles. The summed E-state index contributed by atoms with van der Waals surface area (Å²) in [5.41, 5.74) is 0.0909. The van der Waals surface area contributed by atoms with Crippen molar-refractivity contribution in [3.63, 3.8) is 0 Å². The fraction of sp³-hybridized carbons (Fsp3) is 0.381. The van der Waals surface area contributed by atoms with Crippen molar-refractivity contribution in [1.29, 1.82) is 0 Å². The van der Waals surface area contributed by atoms with Crippen LogP contribution in [0.5, 0.6) is 5.88 Å². The predicted molar refractivity (Wildman–Crippen MR) is 113 cm³/mol. The maximum absolute atomic E-state index is 14.8. The Hall–Kier alpha value is -3.20. The summed E-state index contributed by atoms with van der Waals surface area (Å²) in [5.74, 6) is -4.42. The molecule has 2 heterocycles. The monoisotopic (exact) mass is 535 g/mol. The van der Waals surface area contributed by atoms with Crippen molar-refractivity contribution in [2.45, 2.75) is 48.3 Å². The van der Waals surface area contributed by atoms with Gasteiger partial charge in [0.1, 0.15) is 18.5 Å². The summed E-state index contributed by atoms with van der Waals surface area (Å²) in [6.07, 6.45) is -2.09. The summed E-state index contributed by atoms with van der Waals surface area (Å²) in [6.45, 7) is -1.54. The molecule has 1 fully saturated rings. The van der Waals surface area contributed by atoms with E-state index < -0.39 is 64.4 Å². The summed E-state index contributed by atoms with van der Waals surface area (Å²) in [4.78, 5) is 3.21. The van der Waals surface area contributed by atoms with Crippen LogP contribution in [0.2, 0.25) is 0 Å². The van der Waals surface area contributed by atoms with Crippen molar-refractivity contribution in [2.24, 2.45) is 0 Å². The van der Waals surface area contributed by atoms with E-state index in [1.54, 1.807) is 0 Å². The minimum absolute atomic E-state index is 0.0574. The summed E-state index contributed by atoms with van der Waals surface area (Å²) >= 11 is 0. The Balaban J connectivity index is 1.48. The molecule has 1 N–H and O–H groups in total. The predicted octanol–water partition coefficient (Wildman–Crippen LogP) is 4.13. The quantitative estimate of drug-likeness (QED) is 0.457.